The second-order valence-electron chi connectivity index (χ2n) is 5.18. The minimum absolute atomic E-state index is 0.102. The first kappa shape index (κ1) is 14.0. The lowest BCUT2D eigenvalue weighted by Crippen LogP contribution is -2.29. The number of benzene rings is 2. The molecule has 0 amide bonds. The van der Waals surface area contributed by atoms with Gasteiger partial charge in [0.05, 0.1) is 6.61 Å². The molecule has 0 saturated heterocycles. The Labute approximate surface area is 122 Å². The molecular formula is C17H17F2NO. The van der Waals surface area contributed by atoms with Crippen molar-refractivity contribution in [2.75, 3.05) is 13.2 Å². The van der Waals surface area contributed by atoms with Gasteiger partial charge in [0.25, 0.3) is 0 Å². The summed E-state index contributed by atoms with van der Waals surface area (Å²) in [6, 6.07) is 11.6. The monoisotopic (exact) mass is 289 g/mol. The van der Waals surface area contributed by atoms with Gasteiger partial charge in [0, 0.05) is 18.0 Å². The average molecular weight is 289 g/mol. The zero-order valence-electron chi connectivity index (χ0n) is 11.6. The molecule has 1 atom stereocenters. The molecule has 4 heteroatoms. The Morgan fingerprint density at radius 1 is 1.10 bits per heavy atom. The maximum atomic E-state index is 13.7. The molecule has 0 fully saturated rings. The molecule has 2 nitrogen and oxygen atoms in total. The highest BCUT2D eigenvalue weighted by Crippen LogP contribution is 2.33. The molecule has 2 aromatic rings. The van der Waals surface area contributed by atoms with Crippen LogP contribution in [0.1, 0.15) is 23.6 Å². The van der Waals surface area contributed by atoms with Crippen LogP contribution in [0.5, 0.6) is 5.75 Å². The molecule has 0 aromatic heterocycles. The van der Waals surface area contributed by atoms with Crippen molar-refractivity contribution in [1.29, 1.82) is 0 Å². The summed E-state index contributed by atoms with van der Waals surface area (Å²) in [6.45, 7) is 1.27. The van der Waals surface area contributed by atoms with E-state index in [2.05, 4.69) is 5.32 Å². The Balaban J connectivity index is 1.62. The molecule has 0 saturated carbocycles. The van der Waals surface area contributed by atoms with Crippen molar-refractivity contribution in [3.8, 4) is 5.75 Å². The third-order valence-corrected chi connectivity index (χ3v) is 3.74. The summed E-state index contributed by atoms with van der Waals surface area (Å²) in [5, 5.41) is 3.43. The van der Waals surface area contributed by atoms with Gasteiger partial charge in [-0.2, -0.15) is 0 Å². The average Bonchev–Trinajstić information content (AvgIpc) is 2.50. The van der Waals surface area contributed by atoms with Gasteiger partial charge in [-0.25, -0.2) is 8.78 Å². The van der Waals surface area contributed by atoms with Gasteiger partial charge in [-0.1, -0.05) is 24.3 Å². The van der Waals surface area contributed by atoms with Crippen molar-refractivity contribution in [1.82, 2.24) is 5.32 Å². The number of hydrogen-bond acceptors (Lipinski definition) is 2. The first-order valence-electron chi connectivity index (χ1n) is 7.13. The van der Waals surface area contributed by atoms with Gasteiger partial charge in [-0.15, -0.1) is 0 Å². The molecule has 1 aliphatic heterocycles. The second-order valence-corrected chi connectivity index (χ2v) is 5.18. The van der Waals surface area contributed by atoms with Gasteiger partial charge in [0.15, 0.2) is 11.6 Å². The third kappa shape index (κ3) is 3.22. The van der Waals surface area contributed by atoms with E-state index in [9.17, 15) is 8.78 Å². The zero-order valence-corrected chi connectivity index (χ0v) is 11.6. The highest BCUT2D eigenvalue weighted by molar-refractivity contribution is 5.38. The van der Waals surface area contributed by atoms with Crippen LogP contribution in [-0.4, -0.2) is 13.2 Å². The van der Waals surface area contributed by atoms with Crippen molar-refractivity contribution < 1.29 is 13.5 Å². The smallest absolute Gasteiger partial charge is 0.165 e. The largest absolute Gasteiger partial charge is 0.490 e. The number of hydrogen-bond donors (Lipinski definition) is 1. The van der Waals surface area contributed by atoms with E-state index in [-0.39, 0.29) is 17.7 Å². The normalized spacial score (nSPS) is 17.1. The molecule has 3 rings (SSSR count). The predicted molar refractivity (Wildman–Crippen MR) is 77.4 cm³/mol. The summed E-state index contributed by atoms with van der Waals surface area (Å²) in [5.74, 6) is -0.166. The lowest BCUT2D eigenvalue weighted by molar-refractivity contribution is 0.241. The van der Waals surface area contributed by atoms with Crippen molar-refractivity contribution in [3.05, 3.63) is 65.2 Å². The van der Waals surface area contributed by atoms with Gasteiger partial charge in [0.2, 0.25) is 0 Å². The van der Waals surface area contributed by atoms with Crippen LogP contribution >= 0.6 is 0 Å². The maximum absolute atomic E-state index is 13.7. The van der Waals surface area contributed by atoms with Crippen LogP contribution in [0, 0.1) is 11.6 Å². The number of halogens is 2. The lowest BCUT2D eigenvalue weighted by Gasteiger charge is -2.27. The Hall–Kier alpha value is -1.94. The van der Waals surface area contributed by atoms with Gasteiger partial charge in [-0.3, -0.25) is 0 Å². The first-order chi connectivity index (χ1) is 10.2. The molecule has 0 bridgehead atoms. The molecule has 0 radical (unpaired) electrons. The van der Waals surface area contributed by atoms with Crippen LogP contribution in [0.15, 0.2) is 42.5 Å². The third-order valence-electron chi connectivity index (χ3n) is 3.74. The fourth-order valence-electron chi connectivity index (χ4n) is 2.64. The molecule has 0 spiro atoms. The van der Waals surface area contributed by atoms with E-state index in [0.717, 1.165) is 30.5 Å². The SMILES string of the molecule is Fc1ccc(CCNC2CCOc3c(F)cccc32)cc1. The highest BCUT2D eigenvalue weighted by Gasteiger charge is 2.23. The van der Waals surface area contributed by atoms with E-state index in [1.807, 2.05) is 6.07 Å². The van der Waals surface area contributed by atoms with E-state index >= 15 is 0 Å². The fraction of sp³-hybridized carbons (Fsp3) is 0.294. The van der Waals surface area contributed by atoms with E-state index in [0.29, 0.717) is 12.4 Å². The number of para-hydroxylation sites is 1. The Morgan fingerprint density at radius 3 is 2.71 bits per heavy atom. The molecule has 2 aromatic carbocycles. The van der Waals surface area contributed by atoms with Crippen LogP contribution in [0.2, 0.25) is 0 Å². The first-order valence-corrected chi connectivity index (χ1v) is 7.13. The standard InChI is InChI=1S/C17H17F2NO/c18-13-6-4-12(5-7-13)8-10-20-16-9-11-21-17-14(16)2-1-3-15(17)19/h1-7,16,20H,8-11H2. The Morgan fingerprint density at radius 2 is 1.90 bits per heavy atom. The minimum Gasteiger partial charge on any atom is -0.490 e. The quantitative estimate of drug-likeness (QED) is 0.928. The number of ether oxygens (including phenoxy) is 1. The summed E-state index contributed by atoms with van der Waals surface area (Å²) >= 11 is 0. The number of rotatable bonds is 4. The van der Waals surface area contributed by atoms with E-state index < -0.39 is 0 Å². The highest BCUT2D eigenvalue weighted by atomic mass is 19.1. The van der Waals surface area contributed by atoms with E-state index in [4.69, 9.17) is 4.74 Å². The van der Waals surface area contributed by atoms with E-state index in [1.54, 1.807) is 18.2 Å². The van der Waals surface area contributed by atoms with Gasteiger partial charge in [-0.05, 0) is 36.7 Å². The van der Waals surface area contributed by atoms with Crippen molar-refractivity contribution in [2.24, 2.45) is 0 Å². The molecule has 1 N–H and O–H groups in total. The van der Waals surface area contributed by atoms with Crippen molar-refractivity contribution >= 4 is 0 Å². The van der Waals surface area contributed by atoms with Crippen molar-refractivity contribution in [3.63, 3.8) is 0 Å². The van der Waals surface area contributed by atoms with Crippen molar-refractivity contribution in [2.45, 2.75) is 18.9 Å². The summed E-state index contributed by atoms with van der Waals surface area (Å²) < 4.78 is 31.9. The summed E-state index contributed by atoms with van der Waals surface area (Å²) in [7, 11) is 0. The summed E-state index contributed by atoms with van der Waals surface area (Å²) in [6.07, 6.45) is 1.63. The second kappa shape index (κ2) is 6.22. The number of nitrogens with one attached hydrogen (secondary N) is 1. The fourth-order valence-corrected chi connectivity index (χ4v) is 2.64. The van der Waals surface area contributed by atoms with Gasteiger partial charge < -0.3 is 10.1 Å². The minimum atomic E-state index is -0.308. The summed E-state index contributed by atoms with van der Waals surface area (Å²) in [5.41, 5.74) is 1.95. The lowest BCUT2D eigenvalue weighted by atomic mass is 10.00. The molecule has 1 heterocycles. The van der Waals surface area contributed by atoms with Crippen LogP contribution in [0.3, 0.4) is 0 Å². The van der Waals surface area contributed by atoms with Crippen LogP contribution in [0.4, 0.5) is 8.78 Å². The molecule has 110 valence electrons. The van der Waals surface area contributed by atoms with Crippen LogP contribution < -0.4 is 10.1 Å². The Bertz CT molecular complexity index is 613. The van der Waals surface area contributed by atoms with Gasteiger partial charge >= 0.3 is 0 Å². The molecule has 1 unspecified atom stereocenters. The zero-order chi connectivity index (χ0) is 14.7. The molecule has 1 aliphatic rings. The summed E-state index contributed by atoms with van der Waals surface area (Å²) in [4.78, 5) is 0. The predicted octanol–water partition coefficient (Wildman–Crippen LogP) is 3.62. The molecule has 21 heavy (non-hydrogen) atoms. The Kier molecular flexibility index (Phi) is 4.15. The van der Waals surface area contributed by atoms with Crippen LogP contribution in [-0.2, 0) is 6.42 Å². The van der Waals surface area contributed by atoms with E-state index in [1.165, 1.54) is 18.2 Å². The maximum Gasteiger partial charge on any atom is 0.165 e. The topological polar surface area (TPSA) is 21.3 Å². The van der Waals surface area contributed by atoms with Gasteiger partial charge in [0.1, 0.15) is 5.82 Å². The number of fused-ring (bicyclic) bond motifs is 1. The molecule has 0 aliphatic carbocycles. The van der Waals surface area contributed by atoms with Crippen LogP contribution in [0.25, 0.3) is 0 Å². The molecular weight excluding hydrogens is 272 g/mol.